The van der Waals surface area contributed by atoms with Crippen molar-refractivity contribution in [3.8, 4) is 5.75 Å². The zero-order valence-corrected chi connectivity index (χ0v) is 9.24. The average molecular weight is 194 g/mol. The SMILES string of the molecule is COc1ccccc1NN(C)C(C)C. The zero-order valence-electron chi connectivity index (χ0n) is 9.24. The van der Waals surface area contributed by atoms with Gasteiger partial charge >= 0.3 is 0 Å². The number of methoxy groups -OCH3 is 1. The fraction of sp³-hybridized carbons (Fsp3) is 0.455. The average Bonchev–Trinajstić information content (AvgIpc) is 2.18. The first kappa shape index (κ1) is 10.9. The predicted octanol–water partition coefficient (Wildman–Crippen LogP) is 2.36. The van der Waals surface area contributed by atoms with Crippen LogP contribution in [0.15, 0.2) is 24.3 Å². The topological polar surface area (TPSA) is 24.5 Å². The monoisotopic (exact) mass is 194 g/mol. The van der Waals surface area contributed by atoms with Crippen LogP contribution in [0.5, 0.6) is 5.75 Å². The number of anilines is 1. The van der Waals surface area contributed by atoms with Gasteiger partial charge in [-0.1, -0.05) is 12.1 Å². The first-order chi connectivity index (χ1) is 6.65. The van der Waals surface area contributed by atoms with Crippen LogP contribution >= 0.6 is 0 Å². The fourth-order valence-corrected chi connectivity index (χ4v) is 1.06. The van der Waals surface area contributed by atoms with Crippen LogP contribution < -0.4 is 10.2 Å². The standard InChI is InChI=1S/C11H18N2O/c1-9(2)13(3)12-10-7-5-6-8-11(10)14-4/h5-9,12H,1-4H3. The van der Waals surface area contributed by atoms with Gasteiger partial charge in [0.1, 0.15) is 5.75 Å². The number of ether oxygens (including phenoxy) is 1. The number of nitrogens with one attached hydrogen (secondary N) is 1. The van der Waals surface area contributed by atoms with Crippen molar-refractivity contribution in [1.82, 2.24) is 5.01 Å². The maximum atomic E-state index is 5.24. The second-order valence-corrected chi connectivity index (χ2v) is 3.52. The zero-order chi connectivity index (χ0) is 10.6. The molecule has 0 aromatic heterocycles. The highest BCUT2D eigenvalue weighted by atomic mass is 16.5. The van der Waals surface area contributed by atoms with Crippen LogP contribution in [-0.2, 0) is 0 Å². The molecule has 0 bridgehead atoms. The lowest BCUT2D eigenvalue weighted by molar-refractivity contribution is 0.326. The molecule has 0 spiro atoms. The van der Waals surface area contributed by atoms with E-state index in [0.29, 0.717) is 6.04 Å². The number of rotatable bonds is 4. The summed E-state index contributed by atoms with van der Waals surface area (Å²) in [6.07, 6.45) is 0. The Labute approximate surface area is 85.6 Å². The maximum absolute atomic E-state index is 5.24. The highest BCUT2D eigenvalue weighted by Crippen LogP contribution is 2.23. The van der Waals surface area contributed by atoms with Gasteiger partial charge in [-0.25, -0.2) is 5.01 Å². The number of hydrogen-bond donors (Lipinski definition) is 1. The Morgan fingerprint density at radius 2 is 1.93 bits per heavy atom. The Morgan fingerprint density at radius 3 is 2.50 bits per heavy atom. The molecule has 1 rings (SSSR count). The van der Waals surface area contributed by atoms with Crippen LogP contribution in [0.4, 0.5) is 5.69 Å². The molecule has 78 valence electrons. The normalized spacial score (nSPS) is 10.7. The molecule has 3 nitrogen and oxygen atoms in total. The van der Waals surface area contributed by atoms with Crippen molar-refractivity contribution in [3.63, 3.8) is 0 Å². The number of benzene rings is 1. The minimum absolute atomic E-state index is 0.444. The van der Waals surface area contributed by atoms with Crippen LogP contribution in [0.25, 0.3) is 0 Å². The molecule has 0 amide bonds. The van der Waals surface area contributed by atoms with Crippen molar-refractivity contribution >= 4 is 5.69 Å². The molecule has 0 saturated heterocycles. The molecule has 1 aromatic carbocycles. The van der Waals surface area contributed by atoms with E-state index in [0.717, 1.165) is 11.4 Å². The molecule has 0 atom stereocenters. The van der Waals surface area contributed by atoms with Crippen molar-refractivity contribution in [3.05, 3.63) is 24.3 Å². The molecular formula is C11H18N2O. The Kier molecular flexibility index (Phi) is 3.77. The molecule has 0 radical (unpaired) electrons. The number of hydrazine groups is 1. The van der Waals surface area contributed by atoms with Crippen molar-refractivity contribution in [2.24, 2.45) is 0 Å². The summed E-state index contributed by atoms with van der Waals surface area (Å²) in [4.78, 5) is 0. The molecule has 0 aliphatic heterocycles. The number of hydrogen-bond acceptors (Lipinski definition) is 3. The van der Waals surface area contributed by atoms with E-state index in [2.05, 4.69) is 19.3 Å². The molecule has 1 aromatic rings. The first-order valence-electron chi connectivity index (χ1n) is 4.77. The minimum atomic E-state index is 0.444. The second kappa shape index (κ2) is 4.86. The lowest BCUT2D eigenvalue weighted by atomic mass is 10.3. The summed E-state index contributed by atoms with van der Waals surface area (Å²) in [6.45, 7) is 4.25. The molecule has 0 aliphatic carbocycles. The van der Waals surface area contributed by atoms with E-state index in [4.69, 9.17) is 4.74 Å². The molecule has 14 heavy (non-hydrogen) atoms. The number of nitrogens with zero attached hydrogens (tertiary/aromatic N) is 1. The predicted molar refractivity (Wildman–Crippen MR) is 59.5 cm³/mol. The van der Waals surface area contributed by atoms with Crippen LogP contribution in [0.1, 0.15) is 13.8 Å². The van der Waals surface area contributed by atoms with Gasteiger partial charge in [0.15, 0.2) is 0 Å². The van der Waals surface area contributed by atoms with Crippen LogP contribution in [0.2, 0.25) is 0 Å². The molecule has 0 aliphatic rings. The lowest BCUT2D eigenvalue weighted by Crippen LogP contribution is -2.32. The van der Waals surface area contributed by atoms with Crippen molar-refractivity contribution in [1.29, 1.82) is 0 Å². The Morgan fingerprint density at radius 1 is 1.29 bits per heavy atom. The fourth-order valence-electron chi connectivity index (χ4n) is 1.06. The summed E-state index contributed by atoms with van der Waals surface area (Å²) in [7, 11) is 3.69. The largest absolute Gasteiger partial charge is 0.495 e. The van der Waals surface area contributed by atoms with Gasteiger partial charge in [0.25, 0.3) is 0 Å². The third-order valence-corrected chi connectivity index (χ3v) is 2.18. The molecule has 0 saturated carbocycles. The Hall–Kier alpha value is -1.22. The smallest absolute Gasteiger partial charge is 0.143 e. The highest BCUT2D eigenvalue weighted by Gasteiger charge is 2.05. The van der Waals surface area contributed by atoms with E-state index < -0.39 is 0 Å². The van der Waals surface area contributed by atoms with Gasteiger partial charge in [-0.2, -0.15) is 0 Å². The number of para-hydroxylation sites is 2. The van der Waals surface area contributed by atoms with Gasteiger partial charge in [-0.3, -0.25) is 0 Å². The quantitative estimate of drug-likeness (QED) is 0.745. The molecule has 0 fully saturated rings. The van der Waals surface area contributed by atoms with Crippen LogP contribution in [-0.4, -0.2) is 25.2 Å². The molecule has 1 N–H and O–H groups in total. The van der Waals surface area contributed by atoms with Crippen molar-refractivity contribution in [2.45, 2.75) is 19.9 Å². The van der Waals surface area contributed by atoms with Crippen molar-refractivity contribution < 1.29 is 4.74 Å². The van der Waals surface area contributed by atoms with Gasteiger partial charge in [0.2, 0.25) is 0 Å². The van der Waals surface area contributed by atoms with E-state index >= 15 is 0 Å². The molecule has 0 heterocycles. The van der Waals surface area contributed by atoms with E-state index in [1.54, 1.807) is 7.11 Å². The van der Waals surface area contributed by atoms with E-state index in [9.17, 15) is 0 Å². The Balaban J connectivity index is 2.75. The molecule has 3 heteroatoms. The summed E-state index contributed by atoms with van der Waals surface area (Å²) >= 11 is 0. The minimum Gasteiger partial charge on any atom is -0.495 e. The third-order valence-electron chi connectivity index (χ3n) is 2.18. The van der Waals surface area contributed by atoms with Gasteiger partial charge in [-0.15, -0.1) is 0 Å². The Bertz CT molecular complexity index is 286. The van der Waals surface area contributed by atoms with Gasteiger partial charge < -0.3 is 10.2 Å². The van der Waals surface area contributed by atoms with E-state index in [-0.39, 0.29) is 0 Å². The van der Waals surface area contributed by atoms with Crippen LogP contribution in [0.3, 0.4) is 0 Å². The molecule has 0 unspecified atom stereocenters. The summed E-state index contributed by atoms with van der Waals surface area (Å²) in [5.41, 5.74) is 4.26. The van der Waals surface area contributed by atoms with E-state index in [1.807, 2.05) is 36.3 Å². The summed E-state index contributed by atoms with van der Waals surface area (Å²) in [5.74, 6) is 0.861. The summed E-state index contributed by atoms with van der Waals surface area (Å²) < 4.78 is 5.24. The summed E-state index contributed by atoms with van der Waals surface area (Å²) in [6, 6.07) is 8.33. The first-order valence-corrected chi connectivity index (χ1v) is 4.77. The maximum Gasteiger partial charge on any atom is 0.143 e. The molecular weight excluding hydrogens is 176 g/mol. The van der Waals surface area contributed by atoms with E-state index in [1.165, 1.54) is 0 Å². The lowest BCUT2D eigenvalue weighted by Gasteiger charge is -2.24. The second-order valence-electron chi connectivity index (χ2n) is 3.52. The summed E-state index contributed by atoms with van der Waals surface area (Å²) in [5, 5.41) is 2.04. The third kappa shape index (κ3) is 2.64. The van der Waals surface area contributed by atoms with Gasteiger partial charge in [0.05, 0.1) is 12.8 Å². The van der Waals surface area contributed by atoms with Gasteiger partial charge in [0, 0.05) is 13.1 Å². The van der Waals surface area contributed by atoms with Crippen LogP contribution in [0, 0.1) is 0 Å². The highest BCUT2D eigenvalue weighted by molar-refractivity contribution is 5.55. The van der Waals surface area contributed by atoms with Gasteiger partial charge in [-0.05, 0) is 26.0 Å². The van der Waals surface area contributed by atoms with Crippen molar-refractivity contribution in [2.75, 3.05) is 19.6 Å².